The van der Waals surface area contributed by atoms with Crippen LogP contribution in [0.25, 0.3) is 10.9 Å². The molecule has 0 radical (unpaired) electrons. The number of hydrogen-bond donors (Lipinski definition) is 1. The second kappa shape index (κ2) is 4.08. The topological polar surface area (TPSA) is 24.9 Å². The molecule has 3 heteroatoms. The van der Waals surface area contributed by atoms with Gasteiger partial charge < -0.3 is 5.32 Å². The monoisotopic (exact) mass is 218 g/mol. The number of pyridine rings is 1. The molecule has 1 heterocycles. The van der Waals surface area contributed by atoms with Crippen LogP contribution in [-0.2, 0) is 0 Å². The third-order valence-electron chi connectivity index (χ3n) is 2.69. The smallest absolute Gasteiger partial charge is 0.149 e. The fraction of sp³-hybridized carbons (Fsp3) is 0.308. The first-order valence-corrected chi connectivity index (χ1v) is 5.43. The maximum Gasteiger partial charge on any atom is 0.149 e. The van der Waals surface area contributed by atoms with Crippen molar-refractivity contribution in [1.29, 1.82) is 0 Å². The number of benzene rings is 1. The predicted molar refractivity (Wildman–Crippen MR) is 65.3 cm³/mol. The van der Waals surface area contributed by atoms with Crippen molar-refractivity contribution in [2.45, 2.75) is 20.8 Å². The van der Waals surface area contributed by atoms with Crippen LogP contribution in [0.3, 0.4) is 0 Å². The molecule has 2 nitrogen and oxygen atoms in total. The Morgan fingerprint density at radius 3 is 2.69 bits per heavy atom. The zero-order chi connectivity index (χ0) is 11.7. The molecule has 0 amide bonds. The van der Waals surface area contributed by atoms with Gasteiger partial charge in [0, 0.05) is 11.9 Å². The van der Waals surface area contributed by atoms with Crippen LogP contribution in [0, 0.1) is 19.7 Å². The Kier molecular flexibility index (Phi) is 2.77. The van der Waals surface area contributed by atoms with Gasteiger partial charge in [-0.2, -0.15) is 0 Å². The van der Waals surface area contributed by atoms with Crippen molar-refractivity contribution in [3.63, 3.8) is 0 Å². The molecule has 0 bridgehead atoms. The summed E-state index contributed by atoms with van der Waals surface area (Å²) in [5.41, 5.74) is 2.54. The van der Waals surface area contributed by atoms with Gasteiger partial charge in [-0.25, -0.2) is 9.37 Å². The van der Waals surface area contributed by atoms with Crippen molar-refractivity contribution in [1.82, 2.24) is 4.98 Å². The number of aromatic nitrogens is 1. The van der Waals surface area contributed by atoms with Crippen molar-refractivity contribution in [2.24, 2.45) is 0 Å². The maximum atomic E-state index is 13.6. The molecule has 84 valence electrons. The van der Waals surface area contributed by atoms with Gasteiger partial charge in [0.25, 0.3) is 0 Å². The number of anilines is 1. The summed E-state index contributed by atoms with van der Waals surface area (Å²) in [5.74, 6) is 0.499. The maximum absolute atomic E-state index is 13.6. The number of hydrogen-bond acceptors (Lipinski definition) is 2. The highest BCUT2D eigenvalue weighted by molar-refractivity contribution is 5.85. The second-order valence-corrected chi connectivity index (χ2v) is 3.94. The zero-order valence-corrected chi connectivity index (χ0v) is 9.76. The van der Waals surface area contributed by atoms with Crippen LogP contribution in [-0.4, -0.2) is 11.5 Å². The third-order valence-corrected chi connectivity index (χ3v) is 2.69. The average Bonchev–Trinajstić information content (AvgIpc) is 2.26. The lowest BCUT2D eigenvalue weighted by Gasteiger charge is -2.10. The Morgan fingerprint density at radius 2 is 2.00 bits per heavy atom. The summed E-state index contributed by atoms with van der Waals surface area (Å²) in [6.07, 6.45) is 0. The van der Waals surface area contributed by atoms with Crippen LogP contribution in [0.1, 0.15) is 18.1 Å². The number of fused-ring (bicyclic) bond motifs is 1. The summed E-state index contributed by atoms with van der Waals surface area (Å²) in [7, 11) is 0. The van der Waals surface area contributed by atoms with Crippen LogP contribution in [0.15, 0.2) is 18.2 Å². The minimum Gasteiger partial charge on any atom is -0.370 e. The van der Waals surface area contributed by atoms with Crippen molar-refractivity contribution < 1.29 is 4.39 Å². The van der Waals surface area contributed by atoms with Crippen LogP contribution in [0.5, 0.6) is 0 Å². The van der Waals surface area contributed by atoms with Crippen molar-refractivity contribution >= 4 is 16.7 Å². The second-order valence-electron chi connectivity index (χ2n) is 3.94. The summed E-state index contributed by atoms with van der Waals surface area (Å²) in [6, 6.07) is 5.24. The fourth-order valence-corrected chi connectivity index (χ4v) is 1.81. The van der Waals surface area contributed by atoms with E-state index in [0.717, 1.165) is 28.9 Å². The van der Waals surface area contributed by atoms with E-state index >= 15 is 0 Å². The number of nitrogens with one attached hydrogen (secondary N) is 1. The van der Waals surface area contributed by atoms with E-state index in [0.29, 0.717) is 5.52 Å². The van der Waals surface area contributed by atoms with Gasteiger partial charge in [0.2, 0.25) is 0 Å². The highest BCUT2D eigenvalue weighted by atomic mass is 19.1. The van der Waals surface area contributed by atoms with Crippen LogP contribution in [0.2, 0.25) is 0 Å². The van der Waals surface area contributed by atoms with E-state index in [1.165, 1.54) is 6.07 Å². The first kappa shape index (κ1) is 10.9. The first-order valence-electron chi connectivity index (χ1n) is 5.43. The summed E-state index contributed by atoms with van der Waals surface area (Å²) in [5, 5.41) is 4.02. The highest BCUT2D eigenvalue weighted by Crippen LogP contribution is 2.24. The number of halogens is 1. The van der Waals surface area contributed by atoms with E-state index in [1.807, 2.05) is 26.8 Å². The van der Waals surface area contributed by atoms with Gasteiger partial charge in [-0.1, -0.05) is 6.07 Å². The van der Waals surface area contributed by atoms with E-state index < -0.39 is 0 Å². The number of rotatable bonds is 2. The van der Waals surface area contributed by atoms with E-state index in [9.17, 15) is 4.39 Å². The number of aryl methyl sites for hydroxylation is 2. The van der Waals surface area contributed by atoms with Gasteiger partial charge in [0.05, 0.1) is 0 Å². The third kappa shape index (κ3) is 1.73. The van der Waals surface area contributed by atoms with Crippen LogP contribution in [0.4, 0.5) is 10.2 Å². The molecule has 0 fully saturated rings. The van der Waals surface area contributed by atoms with Gasteiger partial charge in [-0.15, -0.1) is 0 Å². The van der Waals surface area contributed by atoms with Gasteiger partial charge in [0.1, 0.15) is 17.2 Å². The minimum atomic E-state index is -0.264. The highest BCUT2D eigenvalue weighted by Gasteiger charge is 2.08. The first-order chi connectivity index (χ1) is 7.63. The molecule has 0 unspecified atom stereocenters. The summed E-state index contributed by atoms with van der Waals surface area (Å²) < 4.78 is 13.6. The molecule has 16 heavy (non-hydrogen) atoms. The summed E-state index contributed by atoms with van der Waals surface area (Å²) >= 11 is 0. The molecule has 0 aliphatic heterocycles. The molecule has 2 aromatic rings. The zero-order valence-electron chi connectivity index (χ0n) is 9.76. The quantitative estimate of drug-likeness (QED) is 0.835. The molecule has 0 aliphatic rings. The van der Waals surface area contributed by atoms with E-state index in [1.54, 1.807) is 6.07 Å². The Bertz CT molecular complexity index is 535. The Hall–Kier alpha value is -1.64. The van der Waals surface area contributed by atoms with Gasteiger partial charge in [-0.3, -0.25) is 0 Å². The molecular formula is C13H15FN2. The average molecular weight is 218 g/mol. The van der Waals surface area contributed by atoms with Gasteiger partial charge in [0.15, 0.2) is 0 Å². The fourth-order valence-electron chi connectivity index (χ4n) is 1.81. The van der Waals surface area contributed by atoms with E-state index in [2.05, 4.69) is 10.3 Å². The van der Waals surface area contributed by atoms with E-state index in [-0.39, 0.29) is 5.82 Å². The Morgan fingerprint density at radius 1 is 1.25 bits per heavy atom. The SMILES string of the molecule is CCNc1nc2c(F)ccc(C)c2cc1C. The molecule has 1 aromatic heterocycles. The molecule has 0 saturated heterocycles. The summed E-state index contributed by atoms with van der Waals surface area (Å²) in [6.45, 7) is 6.73. The molecule has 1 N–H and O–H groups in total. The molecular weight excluding hydrogens is 203 g/mol. The molecule has 0 saturated carbocycles. The van der Waals surface area contributed by atoms with Crippen molar-refractivity contribution in [3.8, 4) is 0 Å². The molecule has 0 atom stereocenters. The normalized spacial score (nSPS) is 10.8. The molecule has 0 spiro atoms. The molecule has 2 rings (SSSR count). The standard InChI is InChI=1S/C13H15FN2/c1-4-15-13-9(3)7-10-8(2)5-6-11(14)12(10)16-13/h5-7H,4H2,1-3H3,(H,15,16). The lowest BCUT2D eigenvalue weighted by Crippen LogP contribution is -2.02. The molecule has 1 aromatic carbocycles. The predicted octanol–water partition coefficient (Wildman–Crippen LogP) is 3.42. The van der Waals surface area contributed by atoms with Crippen molar-refractivity contribution in [2.75, 3.05) is 11.9 Å². The van der Waals surface area contributed by atoms with Crippen LogP contribution < -0.4 is 5.32 Å². The lowest BCUT2D eigenvalue weighted by atomic mass is 10.1. The Labute approximate surface area is 94.5 Å². The largest absolute Gasteiger partial charge is 0.370 e. The van der Waals surface area contributed by atoms with Crippen LogP contribution >= 0.6 is 0 Å². The van der Waals surface area contributed by atoms with Gasteiger partial charge >= 0.3 is 0 Å². The molecule has 0 aliphatic carbocycles. The lowest BCUT2D eigenvalue weighted by molar-refractivity contribution is 0.636. The summed E-state index contributed by atoms with van der Waals surface area (Å²) in [4.78, 5) is 4.34. The number of nitrogens with zero attached hydrogens (tertiary/aromatic N) is 1. The van der Waals surface area contributed by atoms with Crippen molar-refractivity contribution in [3.05, 3.63) is 35.1 Å². The van der Waals surface area contributed by atoms with E-state index in [4.69, 9.17) is 0 Å². The Balaban J connectivity index is 2.73. The van der Waals surface area contributed by atoms with Gasteiger partial charge in [-0.05, 0) is 44.0 Å². The minimum absolute atomic E-state index is 0.264.